The fourth-order valence-electron chi connectivity index (χ4n) is 3.17. The maximum atomic E-state index is 12.8. The molecule has 11 nitrogen and oxygen atoms in total. The molecule has 0 spiro atoms. The molecule has 188 valence electrons. The van der Waals surface area contributed by atoms with E-state index in [0.29, 0.717) is 0 Å². The monoisotopic (exact) mass is 496 g/mol. The van der Waals surface area contributed by atoms with Crippen molar-refractivity contribution in [2.75, 3.05) is 28.3 Å². The smallest absolute Gasteiger partial charge is 0.302 e. The van der Waals surface area contributed by atoms with Gasteiger partial charge >= 0.3 is 11.9 Å². The Hall–Kier alpha value is -4.67. The first-order valence-corrected chi connectivity index (χ1v) is 10.4. The normalized spacial score (nSPS) is 13.2. The molecule has 0 radical (unpaired) electrons. The van der Waals surface area contributed by atoms with Crippen LogP contribution in [-0.4, -0.2) is 79.5 Å². The summed E-state index contributed by atoms with van der Waals surface area (Å²) in [5.41, 5.74) is 1.32. The molecule has 0 unspecified atom stereocenters. The second-order valence-electron chi connectivity index (χ2n) is 7.58. The topological polar surface area (TPSA) is 144 Å². The Balaban J connectivity index is 0.000000389. The SMILES string of the molecule is CN1C(=O)c2ccc(C(=O)c3ccc4c(c3)C(=O)N(C)C4=O)cc2C1=O.COC(C)=O.COC(C)=O. The summed E-state index contributed by atoms with van der Waals surface area (Å²) in [6, 6.07) is 8.60. The van der Waals surface area contributed by atoms with Crippen LogP contribution in [0.25, 0.3) is 0 Å². The third kappa shape index (κ3) is 5.52. The van der Waals surface area contributed by atoms with Crippen molar-refractivity contribution in [2.24, 2.45) is 0 Å². The van der Waals surface area contributed by atoms with E-state index in [9.17, 15) is 33.6 Å². The van der Waals surface area contributed by atoms with E-state index in [2.05, 4.69) is 9.47 Å². The maximum absolute atomic E-state index is 12.8. The van der Waals surface area contributed by atoms with E-state index < -0.39 is 29.4 Å². The van der Waals surface area contributed by atoms with Gasteiger partial charge < -0.3 is 9.47 Å². The lowest BCUT2D eigenvalue weighted by Gasteiger charge is -2.04. The summed E-state index contributed by atoms with van der Waals surface area (Å²) in [7, 11) is 5.46. The molecule has 0 N–H and O–H groups in total. The molecule has 2 aromatic carbocycles. The van der Waals surface area contributed by atoms with E-state index in [4.69, 9.17) is 0 Å². The zero-order chi connectivity index (χ0) is 27.3. The minimum Gasteiger partial charge on any atom is -0.469 e. The van der Waals surface area contributed by atoms with Gasteiger partial charge in [0.15, 0.2) is 5.78 Å². The van der Waals surface area contributed by atoms with Crippen molar-refractivity contribution >= 4 is 41.4 Å². The molecule has 0 aromatic heterocycles. The van der Waals surface area contributed by atoms with Crippen LogP contribution in [-0.2, 0) is 19.1 Å². The van der Waals surface area contributed by atoms with Gasteiger partial charge in [-0.1, -0.05) is 12.1 Å². The Bertz CT molecular complexity index is 1200. The predicted octanol–water partition coefficient (Wildman–Crippen LogP) is 1.73. The Labute approximate surface area is 206 Å². The van der Waals surface area contributed by atoms with Crippen LogP contribution in [0, 0.1) is 0 Å². The minimum atomic E-state index is -0.462. The van der Waals surface area contributed by atoms with Gasteiger partial charge in [-0.15, -0.1) is 0 Å². The van der Waals surface area contributed by atoms with Crippen molar-refractivity contribution < 1.29 is 43.0 Å². The number of imide groups is 2. The third-order valence-corrected chi connectivity index (χ3v) is 5.28. The zero-order valence-electron chi connectivity index (χ0n) is 20.5. The Morgan fingerprint density at radius 1 is 0.583 bits per heavy atom. The molecule has 0 saturated heterocycles. The van der Waals surface area contributed by atoms with Gasteiger partial charge in [-0.25, -0.2) is 0 Å². The predicted molar refractivity (Wildman–Crippen MR) is 125 cm³/mol. The highest BCUT2D eigenvalue weighted by molar-refractivity contribution is 6.24. The number of benzene rings is 2. The standard InChI is InChI=1S/C19H12N2O5.2C3H6O2/c1-20-16(23)11-5-3-9(7-13(11)18(20)25)15(22)10-4-6-12-14(8-10)19(26)21(2)17(12)24;2*1-3(4)5-2/h3-8H,1-2H3;2*1-2H3. The second-order valence-corrected chi connectivity index (χ2v) is 7.58. The lowest BCUT2D eigenvalue weighted by molar-refractivity contribution is -0.138. The number of methoxy groups -OCH3 is 2. The fourth-order valence-corrected chi connectivity index (χ4v) is 3.17. The summed E-state index contributed by atoms with van der Waals surface area (Å²) in [5, 5.41) is 0. The maximum Gasteiger partial charge on any atom is 0.302 e. The number of hydrogen-bond acceptors (Lipinski definition) is 9. The van der Waals surface area contributed by atoms with Crippen LogP contribution in [0.5, 0.6) is 0 Å². The zero-order valence-corrected chi connectivity index (χ0v) is 20.5. The summed E-state index contributed by atoms with van der Waals surface area (Å²) in [5.74, 6) is -2.63. The second kappa shape index (κ2) is 11.2. The van der Waals surface area contributed by atoms with E-state index in [0.717, 1.165) is 9.80 Å². The molecular formula is C25H24N2O9. The highest BCUT2D eigenvalue weighted by Gasteiger charge is 2.35. The average Bonchev–Trinajstić information content (AvgIpc) is 3.23. The van der Waals surface area contributed by atoms with E-state index >= 15 is 0 Å². The molecule has 11 heteroatoms. The molecule has 0 atom stereocenters. The molecule has 0 bridgehead atoms. The first kappa shape index (κ1) is 27.6. The summed E-state index contributed by atoms with van der Waals surface area (Å²) in [6.07, 6.45) is 0. The largest absolute Gasteiger partial charge is 0.469 e. The van der Waals surface area contributed by atoms with Crippen LogP contribution in [0.2, 0.25) is 0 Å². The van der Waals surface area contributed by atoms with Gasteiger partial charge in [0.05, 0.1) is 36.5 Å². The van der Waals surface area contributed by atoms with Crippen molar-refractivity contribution in [3.05, 3.63) is 69.8 Å². The molecule has 2 aliphatic rings. The number of hydrogen-bond donors (Lipinski definition) is 0. The highest BCUT2D eigenvalue weighted by Crippen LogP contribution is 2.26. The summed E-state index contributed by atoms with van der Waals surface area (Å²) < 4.78 is 8.22. The lowest BCUT2D eigenvalue weighted by atomic mass is 9.96. The van der Waals surface area contributed by atoms with Crippen LogP contribution < -0.4 is 0 Å². The highest BCUT2D eigenvalue weighted by atomic mass is 16.5. The van der Waals surface area contributed by atoms with Crippen LogP contribution in [0.1, 0.15) is 71.2 Å². The van der Waals surface area contributed by atoms with Crippen molar-refractivity contribution in [1.29, 1.82) is 0 Å². The molecule has 0 fully saturated rings. The quantitative estimate of drug-likeness (QED) is 0.345. The van der Waals surface area contributed by atoms with Gasteiger partial charge in [0.1, 0.15) is 0 Å². The van der Waals surface area contributed by atoms with E-state index in [1.807, 2.05) is 0 Å². The Kier molecular flexibility index (Phi) is 8.56. The molecule has 4 rings (SSSR count). The molecule has 0 aliphatic carbocycles. The van der Waals surface area contributed by atoms with Gasteiger partial charge in [0.25, 0.3) is 23.6 Å². The fraction of sp³-hybridized carbons (Fsp3) is 0.240. The number of ether oxygens (including phenoxy) is 2. The van der Waals surface area contributed by atoms with Gasteiger partial charge in [0, 0.05) is 39.1 Å². The molecular weight excluding hydrogens is 472 g/mol. The van der Waals surface area contributed by atoms with Crippen molar-refractivity contribution in [1.82, 2.24) is 9.80 Å². The number of esters is 2. The van der Waals surface area contributed by atoms with Crippen molar-refractivity contribution in [3.63, 3.8) is 0 Å². The number of ketones is 1. The van der Waals surface area contributed by atoms with Gasteiger partial charge in [0.2, 0.25) is 0 Å². The van der Waals surface area contributed by atoms with Gasteiger partial charge in [-0.2, -0.15) is 0 Å². The number of rotatable bonds is 2. The molecule has 2 aliphatic heterocycles. The molecule has 36 heavy (non-hydrogen) atoms. The van der Waals surface area contributed by atoms with Gasteiger partial charge in [-0.3, -0.25) is 43.4 Å². The Morgan fingerprint density at radius 3 is 1.14 bits per heavy atom. The summed E-state index contributed by atoms with van der Waals surface area (Å²) >= 11 is 0. The number of carbonyl (C=O) groups excluding carboxylic acids is 7. The van der Waals surface area contributed by atoms with Crippen LogP contribution in [0.15, 0.2) is 36.4 Å². The summed E-state index contributed by atoms with van der Waals surface area (Å²) in [4.78, 5) is 82.0. The first-order valence-electron chi connectivity index (χ1n) is 10.4. The Morgan fingerprint density at radius 2 is 0.861 bits per heavy atom. The molecule has 2 aromatic rings. The van der Waals surface area contributed by atoms with Crippen LogP contribution >= 0.6 is 0 Å². The molecule has 4 amide bonds. The third-order valence-electron chi connectivity index (χ3n) is 5.28. The van der Waals surface area contributed by atoms with Gasteiger partial charge in [-0.05, 0) is 24.3 Å². The van der Waals surface area contributed by atoms with E-state index in [1.165, 1.54) is 78.6 Å². The number of fused-ring (bicyclic) bond motifs is 2. The minimum absolute atomic E-state index is 0.176. The number of nitrogens with zero attached hydrogens (tertiary/aromatic N) is 2. The van der Waals surface area contributed by atoms with Crippen LogP contribution in [0.3, 0.4) is 0 Å². The number of carbonyl (C=O) groups is 7. The van der Waals surface area contributed by atoms with Crippen LogP contribution in [0.4, 0.5) is 0 Å². The van der Waals surface area contributed by atoms with Crippen molar-refractivity contribution in [2.45, 2.75) is 13.8 Å². The summed E-state index contributed by atoms with van der Waals surface area (Å²) in [6.45, 7) is 2.72. The first-order chi connectivity index (χ1) is 16.8. The molecule has 0 saturated carbocycles. The van der Waals surface area contributed by atoms with E-state index in [-0.39, 0.29) is 45.3 Å². The van der Waals surface area contributed by atoms with E-state index in [1.54, 1.807) is 0 Å². The molecule has 2 heterocycles. The lowest BCUT2D eigenvalue weighted by Crippen LogP contribution is -2.24. The number of amides is 4. The average molecular weight is 496 g/mol. The van der Waals surface area contributed by atoms with Crippen molar-refractivity contribution in [3.8, 4) is 0 Å².